The Morgan fingerprint density at radius 3 is 0.466 bits per heavy atom. The third-order valence-electron chi connectivity index (χ3n) is 13.4. The van der Waals surface area contributed by atoms with Crippen LogP contribution < -0.4 is 20.4 Å². The van der Waals surface area contributed by atoms with Gasteiger partial charge in [0, 0.05) is 23.9 Å². The van der Waals surface area contributed by atoms with Gasteiger partial charge in [0.2, 0.25) is 0 Å². The molecule has 0 saturated carbocycles. The van der Waals surface area contributed by atoms with E-state index >= 15 is 0 Å². The Kier molecular flexibility index (Phi) is 87.8. The van der Waals surface area contributed by atoms with E-state index in [0.29, 0.717) is 0 Å². The number of hydrogen-bond donors (Lipinski definition) is 0. The van der Waals surface area contributed by atoms with Gasteiger partial charge in [-0.05, 0) is 51.4 Å². The fourth-order valence-electron chi connectivity index (χ4n) is 8.51. The molecule has 0 amide bonds. The molecular weight excluding hydrogens is 1020 g/mol. The Labute approximate surface area is 466 Å². The topological polar surface area (TPSA) is 161 Å². The van der Waals surface area contributed by atoms with Crippen molar-refractivity contribution in [3.05, 3.63) is 0 Å². The molecule has 0 atom stereocenters. The Morgan fingerprint density at radius 2 is 0.329 bits per heavy atom. The monoisotopic (exact) mass is 1140 g/mol. The summed E-state index contributed by atoms with van der Waals surface area (Å²) in [5, 5.41) is 40.4. The van der Waals surface area contributed by atoms with Crippen LogP contribution in [0.3, 0.4) is 0 Å². The van der Waals surface area contributed by atoms with Crippen molar-refractivity contribution in [1.82, 2.24) is 0 Å². The average Bonchev–Trinajstić information content (AvgIpc) is 3.36. The maximum absolute atomic E-state index is 10.1. The van der Waals surface area contributed by atoms with Gasteiger partial charge < -0.3 is 39.6 Å². The summed E-state index contributed by atoms with van der Waals surface area (Å²) in [6.07, 6.45) is 62.5. The maximum atomic E-state index is 10.1. The Balaban J connectivity index is -0.000000265. The van der Waals surface area contributed by atoms with Crippen LogP contribution >= 0.6 is 0 Å². The van der Waals surface area contributed by atoms with Crippen molar-refractivity contribution in [3.63, 3.8) is 0 Å². The van der Waals surface area contributed by atoms with Gasteiger partial charge in [-0.15, -0.1) is 0 Å². The molecule has 0 aliphatic carbocycles. The SMILES string of the molecule is CCCCCCCCCCCC(=O)[O-].CCCCCCCCCCCC(=O)[O-].CCCCCCCCCCCC(=O)[O-].CCCCCCCCCCCC(=O)[O-].CCCCCCC[CH2][Sn+4][CH2]CCCCCCC. The van der Waals surface area contributed by atoms with Crippen LogP contribution in [0, 0.1) is 0 Å². The van der Waals surface area contributed by atoms with Crippen LogP contribution in [-0.4, -0.2) is 45.0 Å². The summed E-state index contributed by atoms with van der Waals surface area (Å²) >= 11 is 0.0736. The number of carbonyl (C=O) groups excluding carboxylic acids is 4. The van der Waals surface area contributed by atoms with E-state index in [1.54, 1.807) is 21.7 Å². The van der Waals surface area contributed by atoms with Crippen molar-refractivity contribution in [2.24, 2.45) is 0 Å². The third kappa shape index (κ3) is 104. The number of carboxylic acids is 4. The number of rotatable bonds is 54. The fraction of sp³-hybridized carbons (Fsp3) is 0.938. The number of unbranched alkanes of at least 4 members (excludes halogenated alkanes) is 42. The van der Waals surface area contributed by atoms with E-state index < -0.39 is 23.9 Å². The zero-order valence-electron chi connectivity index (χ0n) is 49.9. The second-order valence-corrected chi connectivity index (χ2v) is 25.4. The molecule has 0 spiro atoms. The molecule has 0 N–H and O–H groups in total. The predicted octanol–water partition coefficient (Wildman–Crippen LogP) is 16.9. The minimum atomic E-state index is -0.909. The van der Waals surface area contributed by atoms with Gasteiger partial charge in [0.15, 0.2) is 0 Å². The number of carbonyl (C=O) groups is 4. The van der Waals surface area contributed by atoms with Crippen molar-refractivity contribution in [2.75, 3.05) is 0 Å². The summed E-state index contributed by atoms with van der Waals surface area (Å²) in [5.74, 6) is -3.64. The van der Waals surface area contributed by atoms with Gasteiger partial charge in [-0.1, -0.05) is 233 Å². The van der Waals surface area contributed by atoms with Crippen LogP contribution in [0.4, 0.5) is 0 Å². The molecular formula is C64H126O8Sn. The van der Waals surface area contributed by atoms with Crippen LogP contribution in [0.2, 0.25) is 8.87 Å². The van der Waals surface area contributed by atoms with Crippen molar-refractivity contribution in [3.8, 4) is 0 Å². The molecule has 0 aliphatic heterocycles. The first kappa shape index (κ1) is 80.5. The Morgan fingerprint density at radius 1 is 0.205 bits per heavy atom. The van der Waals surface area contributed by atoms with E-state index in [9.17, 15) is 39.6 Å². The summed E-state index contributed by atoms with van der Waals surface area (Å²) in [7, 11) is 0. The molecule has 0 aliphatic rings. The van der Waals surface area contributed by atoms with E-state index in [-0.39, 0.29) is 46.8 Å². The first-order valence-corrected chi connectivity index (χ1v) is 36.0. The molecule has 0 aromatic rings. The van der Waals surface area contributed by atoms with E-state index in [0.717, 1.165) is 51.4 Å². The molecule has 73 heavy (non-hydrogen) atoms. The molecule has 0 unspecified atom stereocenters. The standard InChI is InChI=1S/4C12H24O2.2C8H17.Sn/c4*1-2-3-4-5-6-7-8-9-10-11-12(13)14;2*1-3-5-7-8-6-4-2;/h4*2-11H2,1H3,(H,13,14);2*1,3-8H2,2H3;/q;;;;;;+4/p-4. The van der Waals surface area contributed by atoms with Gasteiger partial charge >= 0.3 is 121 Å². The molecule has 0 heterocycles. The molecule has 0 aromatic carbocycles. The van der Waals surface area contributed by atoms with E-state index in [2.05, 4.69) is 41.5 Å². The Bertz CT molecular complexity index is 882. The summed E-state index contributed by atoms with van der Waals surface area (Å²) in [6.45, 7) is 13.5. The van der Waals surface area contributed by atoms with Crippen molar-refractivity contribution in [2.45, 2.75) is 384 Å². The molecule has 0 rings (SSSR count). The zero-order chi connectivity index (χ0) is 55.2. The van der Waals surface area contributed by atoms with Gasteiger partial charge in [-0.3, -0.25) is 0 Å². The molecule has 8 nitrogen and oxygen atoms in total. The van der Waals surface area contributed by atoms with Crippen LogP contribution in [0.25, 0.3) is 0 Å². The Hall–Kier alpha value is -1.32. The second kappa shape index (κ2) is 79.5. The van der Waals surface area contributed by atoms with Crippen LogP contribution in [0.15, 0.2) is 0 Å². The summed E-state index contributed by atoms with van der Waals surface area (Å²) in [4.78, 5) is 40.4. The number of hydrogen-bond acceptors (Lipinski definition) is 8. The van der Waals surface area contributed by atoms with Gasteiger partial charge in [-0.25, -0.2) is 0 Å². The predicted molar refractivity (Wildman–Crippen MR) is 310 cm³/mol. The van der Waals surface area contributed by atoms with E-state index in [4.69, 9.17) is 0 Å². The van der Waals surface area contributed by atoms with E-state index in [1.807, 2.05) is 0 Å². The zero-order valence-corrected chi connectivity index (χ0v) is 52.8. The number of carboxylic acid groups (broad SMARTS) is 4. The van der Waals surface area contributed by atoms with Crippen LogP contribution in [0.5, 0.6) is 0 Å². The van der Waals surface area contributed by atoms with Gasteiger partial charge in [0.05, 0.1) is 0 Å². The van der Waals surface area contributed by atoms with Crippen molar-refractivity contribution < 1.29 is 39.6 Å². The molecule has 0 saturated heterocycles. The molecule has 9 heteroatoms. The van der Waals surface area contributed by atoms with Gasteiger partial charge in [0.25, 0.3) is 0 Å². The van der Waals surface area contributed by atoms with Crippen molar-refractivity contribution in [1.29, 1.82) is 0 Å². The van der Waals surface area contributed by atoms with Crippen molar-refractivity contribution >= 4 is 45.0 Å². The first-order valence-electron chi connectivity index (χ1n) is 32.0. The first-order chi connectivity index (χ1) is 35.5. The molecule has 434 valence electrons. The molecule has 0 fully saturated rings. The normalized spacial score (nSPS) is 10.5. The van der Waals surface area contributed by atoms with Crippen LogP contribution in [-0.2, 0) is 19.2 Å². The minimum absolute atomic E-state index is 0.0736. The van der Waals surface area contributed by atoms with Gasteiger partial charge in [-0.2, -0.15) is 0 Å². The van der Waals surface area contributed by atoms with Crippen LogP contribution in [0.1, 0.15) is 375 Å². The number of aliphatic carboxylic acids is 4. The summed E-state index contributed by atoms with van der Waals surface area (Å²) in [5.41, 5.74) is 0. The molecule has 6 radical (unpaired) electrons. The fourth-order valence-corrected chi connectivity index (χ4v) is 12.1. The quantitative estimate of drug-likeness (QED) is 0.0430. The van der Waals surface area contributed by atoms with E-state index in [1.165, 1.54) is 244 Å². The second-order valence-electron chi connectivity index (χ2n) is 21.1. The molecule has 0 bridgehead atoms. The molecule has 0 aromatic heterocycles. The van der Waals surface area contributed by atoms with Gasteiger partial charge in [0.1, 0.15) is 0 Å². The third-order valence-corrected chi connectivity index (χ3v) is 17.4. The summed E-state index contributed by atoms with van der Waals surface area (Å²) < 4.78 is 3.31. The summed E-state index contributed by atoms with van der Waals surface area (Å²) in [6, 6.07) is 0. The average molecular weight is 1140 g/mol.